The molecule has 3 nitrogen and oxygen atoms in total. The van der Waals surface area contributed by atoms with Crippen molar-refractivity contribution in [1.82, 2.24) is 0 Å². The second-order valence-corrected chi connectivity index (χ2v) is 3.84. The van der Waals surface area contributed by atoms with Crippen LogP contribution in [0.4, 0.5) is 0 Å². The molecule has 0 aliphatic rings. The molecule has 0 amide bonds. The summed E-state index contributed by atoms with van der Waals surface area (Å²) in [5, 5.41) is 8.99. The number of hydrogen-bond acceptors (Lipinski definition) is 3. The Balaban J connectivity index is 1.74. The Morgan fingerprint density at radius 3 is 2.88 bits per heavy atom. The van der Waals surface area contributed by atoms with Gasteiger partial charge in [-0.3, -0.25) is 0 Å². The van der Waals surface area contributed by atoms with Crippen molar-refractivity contribution >= 4 is 0 Å². The highest BCUT2D eigenvalue weighted by molar-refractivity contribution is 5.27. The molecule has 0 bridgehead atoms. The summed E-state index contributed by atoms with van der Waals surface area (Å²) in [6, 6.07) is 11.4. The van der Waals surface area contributed by atoms with Crippen LogP contribution in [0.5, 0.6) is 5.75 Å². The van der Waals surface area contributed by atoms with Crippen LogP contribution in [0, 0.1) is 0 Å². The van der Waals surface area contributed by atoms with Crippen LogP contribution in [-0.2, 0) is 13.0 Å². The van der Waals surface area contributed by atoms with Crippen molar-refractivity contribution in [2.75, 3.05) is 6.61 Å². The summed E-state index contributed by atoms with van der Waals surface area (Å²) in [4.78, 5) is 0. The smallest absolute Gasteiger partial charge is 0.119 e. The van der Waals surface area contributed by atoms with E-state index in [-0.39, 0.29) is 6.61 Å². The second kappa shape index (κ2) is 6.11. The number of benzene rings is 1. The highest BCUT2D eigenvalue weighted by atomic mass is 16.5. The molecule has 0 saturated carbocycles. The van der Waals surface area contributed by atoms with Crippen molar-refractivity contribution in [3.63, 3.8) is 0 Å². The van der Waals surface area contributed by atoms with E-state index in [1.165, 1.54) is 0 Å². The highest BCUT2D eigenvalue weighted by Gasteiger charge is 1.98. The zero-order valence-electron chi connectivity index (χ0n) is 9.63. The molecule has 1 aromatic carbocycles. The average molecular weight is 232 g/mol. The molecular weight excluding hydrogens is 216 g/mol. The summed E-state index contributed by atoms with van der Waals surface area (Å²) in [5.74, 6) is 1.79. The Kier molecular flexibility index (Phi) is 4.22. The van der Waals surface area contributed by atoms with Gasteiger partial charge in [0.15, 0.2) is 0 Å². The molecule has 2 rings (SSSR count). The second-order valence-electron chi connectivity index (χ2n) is 3.84. The van der Waals surface area contributed by atoms with E-state index in [0.717, 1.165) is 29.9 Å². The fourth-order valence-corrected chi connectivity index (χ4v) is 1.62. The van der Waals surface area contributed by atoms with Crippen molar-refractivity contribution in [2.24, 2.45) is 0 Å². The summed E-state index contributed by atoms with van der Waals surface area (Å²) in [7, 11) is 0. The molecule has 17 heavy (non-hydrogen) atoms. The number of rotatable bonds is 6. The zero-order chi connectivity index (χ0) is 11.9. The number of furan rings is 1. The minimum atomic E-state index is 0.0452. The molecule has 0 atom stereocenters. The minimum Gasteiger partial charge on any atom is -0.494 e. The fraction of sp³-hybridized carbons (Fsp3) is 0.286. The summed E-state index contributed by atoms with van der Waals surface area (Å²) in [6.07, 6.45) is 3.48. The van der Waals surface area contributed by atoms with E-state index in [1.807, 2.05) is 36.4 Å². The van der Waals surface area contributed by atoms with Gasteiger partial charge in [0, 0.05) is 6.42 Å². The van der Waals surface area contributed by atoms with Gasteiger partial charge in [-0.25, -0.2) is 0 Å². The predicted molar refractivity (Wildman–Crippen MR) is 64.9 cm³/mol. The molecule has 1 aromatic heterocycles. The first-order valence-corrected chi connectivity index (χ1v) is 5.73. The molecule has 2 aromatic rings. The van der Waals surface area contributed by atoms with Crippen molar-refractivity contribution in [3.8, 4) is 5.75 Å². The third-order valence-corrected chi connectivity index (χ3v) is 2.50. The van der Waals surface area contributed by atoms with E-state index in [1.54, 1.807) is 6.26 Å². The maximum atomic E-state index is 8.99. The minimum absolute atomic E-state index is 0.0452. The van der Waals surface area contributed by atoms with Gasteiger partial charge in [-0.1, -0.05) is 12.1 Å². The summed E-state index contributed by atoms with van der Waals surface area (Å²) in [6.45, 7) is 0.694. The van der Waals surface area contributed by atoms with Crippen molar-refractivity contribution < 1.29 is 14.3 Å². The van der Waals surface area contributed by atoms with Crippen LogP contribution in [0.25, 0.3) is 0 Å². The molecule has 0 aliphatic heterocycles. The van der Waals surface area contributed by atoms with E-state index in [0.29, 0.717) is 6.61 Å². The average Bonchev–Trinajstić information content (AvgIpc) is 2.88. The van der Waals surface area contributed by atoms with Crippen LogP contribution in [0.15, 0.2) is 47.1 Å². The summed E-state index contributed by atoms with van der Waals surface area (Å²) in [5.41, 5.74) is 0.869. The number of hydrogen-bond donors (Lipinski definition) is 1. The van der Waals surface area contributed by atoms with Gasteiger partial charge in [0.2, 0.25) is 0 Å². The van der Waals surface area contributed by atoms with Gasteiger partial charge in [-0.05, 0) is 36.2 Å². The number of aryl methyl sites for hydroxylation is 1. The van der Waals surface area contributed by atoms with E-state index in [4.69, 9.17) is 14.3 Å². The van der Waals surface area contributed by atoms with Gasteiger partial charge in [-0.15, -0.1) is 0 Å². The monoisotopic (exact) mass is 232 g/mol. The summed E-state index contributed by atoms with van der Waals surface area (Å²) < 4.78 is 10.8. The van der Waals surface area contributed by atoms with Crippen LogP contribution < -0.4 is 4.74 Å². The SMILES string of the molecule is OCc1cccc(OCCCc2ccco2)c1. The van der Waals surface area contributed by atoms with Crippen LogP contribution in [0.1, 0.15) is 17.7 Å². The summed E-state index contributed by atoms with van der Waals surface area (Å²) >= 11 is 0. The lowest BCUT2D eigenvalue weighted by atomic mass is 10.2. The van der Waals surface area contributed by atoms with E-state index >= 15 is 0 Å². The molecule has 0 radical (unpaired) electrons. The standard InChI is InChI=1S/C14H16O3/c15-11-12-4-1-5-14(10-12)17-9-3-7-13-6-2-8-16-13/h1-2,4-6,8,10,15H,3,7,9,11H2. The van der Waals surface area contributed by atoms with E-state index < -0.39 is 0 Å². The Labute approximate surface area is 101 Å². The van der Waals surface area contributed by atoms with Gasteiger partial charge in [0.25, 0.3) is 0 Å². The van der Waals surface area contributed by atoms with Crippen LogP contribution in [0.3, 0.4) is 0 Å². The number of ether oxygens (including phenoxy) is 1. The van der Waals surface area contributed by atoms with E-state index in [2.05, 4.69) is 0 Å². The number of aliphatic hydroxyl groups is 1. The molecule has 0 aliphatic carbocycles. The Morgan fingerprint density at radius 1 is 1.18 bits per heavy atom. The first-order valence-electron chi connectivity index (χ1n) is 5.73. The maximum Gasteiger partial charge on any atom is 0.119 e. The van der Waals surface area contributed by atoms with Crippen LogP contribution in [0.2, 0.25) is 0 Å². The largest absolute Gasteiger partial charge is 0.494 e. The molecule has 90 valence electrons. The number of aliphatic hydroxyl groups excluding tert-OH is 1. The lowest BCUT2D eigenvalue weighted by Gasteiger charge is -2.06. The predicted octanol–water partition coefficient (Wildman–Crippen LogP) is 2.78. The molecule has 0 unspecified atom stereocenters. The zero-order valence-corrected chi connectivity index (χ0v) is 9.63. The molecule has 0 spiro atoms. The van der Waals surface area contributed by atoms with Crippen LogP contribution >= 0.6 is 0 Å². The molecular formula is C14H16O3. The molecule has 3 heteroatoms. The molecule has 1 N–H and O–H groups in total. The van der Waals surface area contributed by atoms with Gasteiger partial charge < -0.3 is 14.3 Å². The van der Waals surface area contributed by atoms with E-state index in [9.17, 15) is 0 Å². The Bertz CT molecular complexity index is 434. The first kappa shape index (κ1) is 11.7. The molecule has 0 saturated heterocycles. The third-order valence-electron chi connectivity index (χ3n) is 2.50. The maximum absolute atomic E-state index is 8.99. The van der Waals surface area contributed by atoms with Gasteiger partial charge in [-0.2, -0.15) is 0 Å². The van der Waals surface area contributed by atoms with Crippen molar-refractivity contribution in [3.05, 3.63) is 54.0 Å². The van der Waals surface area contributed by atoms with Crippen LogP contribution in [-0.4, -0.2) is 11.7 Å². The van der Waals surface area contributed by atoms with Crippen molar-refractivity contribution in [1.29, 1.82) is 0 Å². The topological polar surface area (TPSA) is 42.6 Å². The quantitative estimate of drug-likeness (QED) is 0.779. The van der Waals surface area contributed by atoms with Gasteiger partial charge >= 0.3 is 0 Å². The molecule has 0 fully saturated rings. The van der Waals surface area contributed by atoms with Gasteiger partial charge in [0.05, 0.1) is 19.5 Å². The third kappa shape index (κ3) is 3.64. The Hall–Kier alpha value is -1.74. The Morgan fingerprint density at radius 2 is 2.12 bits per heavy atom. The normalized spacial score (nSPS) is 10.4. The van der Waals surface area contributed by atoms with Crippen molar-refractivity contribution in [2.45, 2.75) is 19.4 Å². The van der Waals surface area contributed by atoms with Gasteiger partial charge in [0.1, 0.15) is 11.5 Å². The lowest BCUT2D eigenvalue weighted by molar-refractivity contribution is 0.278. The molecule has 1 heterocycles. The fourth-order valence-electron chi connectivity index (χ4n) is 1.62. The first-order chi connectivity index (χ1) is 8.38. The highest BCUT2D eigenvalue weighted by Crippen LogP contribution is 2.14. The lowest BCUT2D eigenvalue weighted by Crippen LogP contribution is -1.99.